The lowest BCUT2D eigenvalue weighted by Gasteiger charge is -2.00. The van der Waals surface area contributed by atoms with Crippen molar-refractivity contribution in [2.24, 2.45) is 5.16 Å². The second-order valence-corrected chi connectivity index (χ2v) is 3.36. The van der Waals surface area contributed by atoms with Crippen LogP contribution in [0.25, 0.3) is 0 Å². The van der Waals surface area contributed by atoms with Crippen LogP contribution in [0.5, 0.6) is 5.75 Å². The number of benzene rings is 1. The molecule has 0 radical (unpaired) electrons. The molecule has 1 aromatic heterocycles. The zero-order chi connectivity index (χ0) is 12.8. The molecule has 1 heterocycles. The van der Waals surface area contributed by atoms with Crippen molar-refractivity contribution in [3.05, 3.63) is 54.0 Å². The molecule has 0 fully saturated rings. The van der Waals surface area contributed by atoms with Crippen molar-refractivity contribution in [3.63, 3.8) is 0 Å². The van der Waals surface area contributed by atoms with E-state index in [0.29, 0.717) is 17.1 Å². The molecule has 0 amide bonds. The maximum atomic E-state index is 11.6. The minimum atomic E-state index is -0.541. The van der Waals surface area contributed by atoms with E-state index in [9.17, 15) is 4.79 Å². The molecule has 0 aliphatic heterocycles. The average Bonchev–Trinajstić information content (AvgIpc) is 2.92. The summed E-state index contributed by atoms with van der Waals surface area (Å²) in [6.45, 7) is 0. The van der Waals surface area contributed by atoms with Crippen LogP contribution in [0.15, 0.2) is 52.2 Å². The van der Waals surface area contributed by atoms with E-state index < -0.39 is 5.97 Å². The van der Waals surface area contributed by atoms with Gasteiger partial charge in [0.1, 0.15) is 17.7 Å². The number of carbonyl (C=O) groups excluding carboxylic acids is 1. The topological polar surface area (TPSA) is 61.0 Å². The third kappa shape index (κ3) is 2.98. The summed E-state index contributed by atoms with van der Waals surface area (Å²) in [6.07, 6.45) is 2.83. The van der Waals surface area contributed by atoms with Crippen LogP contribution < -0.4 is 4.74 Å². The van der Waals surface area contributed by atoms with Gasteiger partial charge in [-0.25, -0.2) is 4.79 Å². The summed E-state index contributed by atoms with van der Waals surface area (Å²) < 4.78 is 9.98. The fourth-order valence-corrected chi connectivity index (χ4v) is 1.27. The Morgan fingerprint density at radius 1 is 1.28 bits per heavy atom. The molecule has 1 aromatic carbocycles. The summed E-state index contributed by atoms with van der Waals surface area (Å²) in [5.41, 5.74) is 0.396. The minimum Gasteiger partial charge on any atom is -0.497 e. The van der Waals surface area contributed by atoms with E-state index >= 15 is 0 Å². The van der Waals surface area contributed by atoms with E-state index in [-0.39, 0.29) is 0 Å². The minimum absolute atomic E-state index is 0.396. The molecule has 0 spiro atoms. The predicted octanol–water partition coefficient (Wildman–Crippen LogP) is 2.48. The molecule has 5 heteroatoms. The Hall–Kier alpha value is -2.56. The molecule has 5 nitrogen and oxygen atoms in total. The molecule has 0 saturated heterocycles. The molecule has 18 heavy (non-hydrogen) atoms. The molecule has 0 aliphatic rings. The zero-order valence-corrected chi connectivity index (χ0v) is 9.70. The lowest BCUT2D eigenvalue weighted by atomic mass is 10.2. The maximum absolute atomic E-state index is 11.6. The Bertz CT molecular complexity index is 529. The SMILES string of the molecule is COc1ccc(C(=O)O/N=C/c2ccco2)cc1. The molecule has 0 bridgehead atoms. The monoisotopic (exact) mass is 245 g/mol. The van der Waals surface area contributed by atoms with Crippen LogP contribution in [0, 0.1) is 0 Å². The van der Waals surface area contributed by atoms with Gasteiger partial charge in [-0.3, -0.25) is 0 Å². The van der Waals surface area contributed by atoms with Crippen molar-refractivity contribution in [1.82, 2.24) is 0 Å². The van der Waals surface area contributed by atoms with E-state index in [0.717, 1.165) is 0 Å². The Kier molecular flexibility index (Phi) is 3.76. The molecule has 92 valence electrons. The van der Waals surface area contributed by atoms with Gasteiger partial charge in [0.15, 0.2) is 0 Å². The summed E-state index contributed by atoms with van der Waals surface area (Å²) in [5, 5.41) is 3.53. The van der Waals surface area contributed by atoms with Gasteiger partial charge >= 0.3 is 5.97 Å². The summed E-state index contributed by atoms with van der Waals surface area (Å²) in [6, 6.07) is 9.96. The average molecular weight is 245 g/mol. The molecule has 0 aliphatic carbocycles. The number of hydrogen-bond donors (Lipinski definition) is 0. The number of ether oxygens (including phenoxy) is 1. The first-order chi connectivity index (χ1) is 8.79. The highest BCUT2D eigenvalue weighted by molar-refractivity contribution is 5.90. The summed E-state index contributed by atoms with van der Waals surface area (Å²) in [4.78, 5) is 16.3. The quantitative estimate of drug-likeness (QED) is 0.471. The van der Waals surface area contributed by atoms with E-state index in [1.807, 2.05) is 0 Å². The highest BCUT2D eigenvalue weighted by atomic mass is 16.7. The third-order valence-corrected chi connectivity index (χ3v) is 2.18. The molecule has 2 rings (SSSR count). The standard InChI is InChI=1S/C13H11NO4/c1-16-11-6-4-10(5-7-11)13(15)18-14-9-12-3-2-8-17-12/h2-9H,1H3/b14-9+. The van der Waals surface area contributed by atoms with Crippen molar-refractivity contribution < 1.29 is 18.8 Å². The fraction of sp³-hybridized carbons (Fsp3) is 0.0769. The molecule has 0 saturated carbocycles. The Morgan fingerprint density at radius 3 is 2.67 bits per heavy atom. The number of methoxy groups -OCH3 is 1. The van der Waals surface area contributed by atoms with Crippen LogP contribution in [0.4, 0.5) is 0 Å². The summed E-state index contributed by atoms with van der Waals surface area (Å²) in [5.74, 6) is 0.642. The lowest BCUT2D eigenvalue weighted by Crippen LogP contribution is -2.00. The summed E-state index contributed by atoms with van der Waals surface area (Å²) >= 11 is 0. The highest BCUT2D eigenvalue weighted by Gasteiger charge is 2.06. The van der Waals surface area contributed by atoms with Crippen molar-refractivity contribution in [2.75, 3.05) is 7.11 Å². The largest absolute Gasteiger partial charge is 0.497 e. The number of oxime groups is 1. The maximum Gasteiger partial charge on any atom is 0.365 e. The fourth-order valence-electron chi connectivity index (χ4n) is 1.27. The van der Waals surface area contributed by atoms with Gasteiger partial charge in [-0.15, -0.1) is 0 Å². The van der Waals surface area contributed by atoms with Crippen molar-refractivity contribution in [1.29, 1.82) is 0 Å². The zero-order valence-electron chi connectivity index (χ0n) is 9.70. The molecule has 2 aromatic rings. The van der Waals surface area contributed by atoms with Crippen LogP contribution in [0.3, 0.4) is 0 Å². The van der Waals surface area contributed by atoms with E-state index in [1.165, 1.54) is 12.5 Å². The molecular formula is C13H11NO4. The predicted molar refractivity (Wildman–Crippen MR) is 64.7 cm³/mol. The van der Waals surface area contributed by atoms with Crippen molar-refractivity contribution in [2.45, 2.75) is 0 Å². The van der Waals surface area contributed by atoms with Gasteiger partial charge < -0.3 is 14.0 Å². The van der Waals surface area contributed by atoms with E-state index in [2.05, 4.69) is 5.16 Å². The first kappa shape index (κ1) is 11.9. The van der Waals surface area contributed by atoms with E-state index in [4.69, 9.17) is 14.0 Å². The van der Waals surface area contributed by atoms with Crippen molar-refractivity contribution >= 4 is 12.2 Å². The molecule has 0 unspecified atom stereocenters. The van der Waals surface area contributed by atoms with Gasteiger partial charge in [0, 0.05) is 0 Å². The van der Waals surface area contributed by atoms with Gasteiger partial charge in [0.2, 0.25) is 0 Å². The van der Waals surface area contributed by atoms with Crippen molar-refractivity contribution in [3.8, 4) is 5.75 Å². The number of hydrogen-bond acceptors (Lipinski definition) is 5. The van der Waals surface area contributed by atoms with Crippen LogP contribution in [0.1, 0.15) is 16.1 Å². The van der Waals surface area contributed by atoms with E-state index in [1.54, 1.807) is 43.5 Å². The molecular weight excluding hydrogens is 234 g/mol. The normalized spacial score (nSPS) is 10.5. The summed E-state index contributed by atoms with van der Waals surface area (Å²) in [7, 11) is 1.56. The Labute approximate surface area is 104 Å². The highest BCUT2D eigenvalue weighted by Crippen LogP contribution is 2.12. The van der Waals surface area contributed by atoms with Gasteiger partial charge in [0.05, 0.1) is 18.9 Å². The number of rotatable bonds is 4. The Morgan fingerprint density at radius 2 is 2.06 bits per heavy atom. The first-order valence-electron chi connectivity index (χ1n) is 5.22. The molecule has 0 atom stereocenters. The van der Waals surface area contributed by atoms with Gasteiger partial charge in [-0.2, -0.15) is 0 Å². The second-order valence-electron chi connectivity index (χ2n) is 3.36. The van der Waals surface area contributed by atoms with Crippen LogP contribution in [-0.2, 0) is 4.84 Å². The number of carbonyl (C=O) groups is 1. The van der Waals surface area contributed by atoms with Gasteiger partial charge in [0.25, 0.3) is 0 Å². The smallest absolute Gasteiger partial charge is 0.365 e. The van der Waals surface area contributed by atoms with Gasteiger partial charge in [-0.1, -0.05) is 5.16 Å². The Balaban J connectivity index is 1.95. The number of nitrogens with zero attached hydrogens (tertiary/aromatic N) is 1. The van der Waals surface area contributed by atoms with Crippen LogP contribution in [-0.4, -0.2) is 19.3 Å². The van der Waals surface area contributed by atoms with Crippen LogP contribution in [0.2, 0.25) is 0 Å². The lowest BCUT2D eigenvalue weighted by molar-refractivity contribution is 0.0519. The second kappa shape index (κ2) is 5.67. The van der Waals surface area contributed by atoms with Crippen LogP contribution >= 0.6 is 0 Å². The first-order valence-corrected chi connectivity index (χ1v) is 5.22. The number of furan rings is 1. The molecule has 0 N–H and O–H groups in total. The third-order valence-electron chi connectivity index (χ3n) is 2.18. The van der Waals surface area contributed by atoms with Gasteiger partial charge in [-0.05, 0) is 36.4 Å².